The van der Waals surface area contributed by atoms with Crippen LogP contribution < -0.4 is 0 Å². The van der Waals surface area contributed by atoms with E-state index in [0.29, 0.717) is 19.3 Å². The molecule has 0 heterocycles. The second kappa shape index (κ2) is 58.1. The third-order valence-corrected chi connectivity index (χ3v) is 11.6. The van der Waals surface area contributed by atoms with Crippen molar-refractivity contribution in [3.63, 3.8) is 0 Å². The highest BCUT2D eigenvalue weighted by Gasteiger charge is 2.19. The Kier molecular flexibility index (Phi) is 54.5. The molecule has 0 bridgehead atoms. The van der Waals surface area contributed by atoms with Gasteiger partial charge in [-0.05, 0) is 141 Å². The molecule has 0 aliphatic carbocycles. The molecule has 0 radical (unpaired) electrons. The van der Waals surface area contributed by atoms with Gasteiger partial charge in [0, 0.05) is 19.3 Å². The summed E-state index contributed by atoms with van der Waals surface area (Å²) >= 11 is 0. The van der Waals surface area contributed by atoms with Gasteiger partial charge in [0.15, 0.2) is 6.10 Å². The minimum Gasteiger partial charge on any atom is -0.462 e. The predicted molar refractivity (Wildman–Crippen MR) is 306 cm³/mol. The number of carbonyl (C=O) groups excluding carboxylic acids is 3. The highest BCUT2D eigenvalue weighted by molar-refractivity contribution is 5.71. The molecule has 0 aromatic heterocycles. The number of unbranched alkanes of at least 4 members (excludes halogenated alkanes) is 17. The SMILES string of the molecule is CC/C=C\C/C=C\C/C=C\CCCCCCCC(=O)OC[C@H](COC(=O)CCCCC/C=C\C/C=C\C/C=C\C/C=C\CCCCC)OC(=O)CCCCC/C=C\C/C=C\C/C=C\C/C=C\CCCCC. The average Bonchev–Trinajstić information content (AvgIpc) is 3.37. The summed E-state index contributed by atoms with van der Waals surface area (Å²) < 4.78 is 16.8. The van der Waals surface area contributed by atoms with E-state index >= 15 is 0 Å². The highest BCUT2D eigenvalue weighted by atomic mass is 16.6. The van der Waals surface area contributed by atoms with E-state index in [9.17, 15) is 14.4 Å². The summed E-state index contributed by atoms with van der Waals surface area (Å²) in [6.07, 6.45) is 81.5. The number of hydrogen-bond donors (Lipinski definition) is 0. The summed E-state index contributed by atoms with van der Waals surface area (Å²) in [6.45, 7) is 6.39. The van der Waals surface area contributed by atoms with Crippen molar-refractivity contribution in [2.75, 3.05) is 13.2 Å². The van der Waals surface area contributed by atoms with Crippen molar-refractivity contribution in [1.29, 1.82) is 0 Å². The molecule has 0 saturated heterocycles. The van der Waals surface area contributed by atoms with Crippen LogP contribution in [-0.4, -0.2) is 37.2 Å². The van der Waals surface area contributed by atoms with Crippen LogP contribution in [0.15, 0.2) is 134 Å². The van der Waals surface area contributed by atoms with Gasteiger partial charge in [0.2, 0.25) is 0 Å². The Morgan fingerprint density at radius 1 is 0.296 bits per heavy atom. The normalized spacial score (nSPS) is 13.1. The molecule has 0 spiro atoms. The summed E-state index contributed by atoms with van der Waals surface area (Å²) in [4.78, 5) is 38.2. The van der Waals surface area contributed by atoms with Crippen molar-refractivity contribution in [2.24, 2.45) is 0 Å². The molecular weight excluding hydrogens is 877 g/mol. The molecule has 0 aliphatic heterocycles. The van der Waals surface area contributed by atoms with E-state index in [-0.39, 0.29) is 37.5 Å². The first-order valence-corrected chi connectivity index (χ1v) is 28.7. The van der Waals surface area contributed by atoms with Crippen LogP contribution in [0.1, 0.15) is 239 Å². The Morgan fingerprint density at radius 3 is 0.873 bits per heavy atom. The minimum atomic E-state index is -0.821. The maximum absolute atomic E-state index is 12.9. The summed E-state index contributed by atoms with van der Waals surface area (Å²) in [7, 11) is 0. The van der Waals surface area contributed by atoms with E-state index in [1.54, 1.807) is 0 Å². The minimum absolute atomic E-state index is 0.115. The van der Waals surface area contributed by atoms with Crippen molar-refractivity contribution in [1.82, 2.24) is 0 Å². The first kappa shape index (κ1) is 66.6. The fourth-order valence-electron chi connectivity index (χ4n) is 7.30. The van der Waals surface area contributed by atoms with Gasteiger partial charge in [0.1, 0.15) is 13.2 Å². The van der Waals surface area contributed by atoms with Crippen molar-refractivity contribution >= 4 is 17.9 Å². The second-order valence-electron chi connectivity index (χ2n) is 18.5. The molecule has 400 valence electrons. The predicted octanol–water partition coefficient (Wildman–Crippen LogP) is 19.4. The lowest BCUT2D eigenvalue weighted by molar-refractivity contribution is -0.167. The van der Waals surface area contributed by atoms with Gasteiger partial charge in [-0.3, -0.25) is 14.4 Å². The lowest BCUT2D eigenvalue weighted by Gasteiger charge is -2.18. The van der Waals surface area contributed by atoms with Gasteiger partial charge < -0.3 is 14.2 Å². The molecule has 6 nitrogen and oxygen atoms in total. The van der Waals surface area contributed by atoms with E-state index in [1.807, 2.05) is 0 Å². The van der Waals surface area contributed by atoms with Gasteiger partial charge in [-0.2, -0.15) is 0 Å². The molecule has 0 aliphatic rings. The fourth-order valence-corrected chi connectivity index (χ4v) is 7.30. The standard InChI is InChI=1S/C65H104O6/c1-4-7-10-13-16-19-22-25-28-30-32-34-37-40-43-46-49-52-55-58-64(67)70-61-62(60-69-63(66)57-54-51-48-45-42-39-36-27-24-21-18-15-12-9-6-3)71-65(68)59-56-53-50-47-44-41-38-35-33-31-29-26-23-20-17-14-11-8-5-2/h9,12,16-21,25-29,32-36,40-41,43-44,62H,4-8,10-11,13-15,22-24,30-31,37-39,42,45-61H2,1-3H3/b12-9-,19-16-,20-17-,21-18-,28-25-,29-26-,34-32-,35-33-,36-27-,43-40-,44-41-/t62-/m1/s1. The fraction of sp³-hybridized carbons (Fsp3) is 0.615. The van der Waals surface area contributed by atoms with E-state index in [0.717, 1.165) is 141 Å². The van der Waals surface area contributed by atoms with Crippen molar-refractivity contribution in [3.8, 4) is 0 Å². The summed E-state index contributed by atoms with van der Waals surface area (Å²) in [6, 6.07) is 0. The van der Waals surface area contributed by atoms with Crippen LogP contribution in [0, 0.1) is 0 Å². The first-order chi connectivity index (χ1) is 35.0. The topological polar surface area (TPSA) is 78.9 Å². The second-order valence-corrected chi connectivity index (χ2v) is 18.5. The molecule has 0 amide bonds. The number of carbonyl (C=O) groups is 3. The molecule has 0 aromatic rings. The molecule has 0 N–H and O–H groups in total. The zero-order valence-electron chi connectivity index (χ0n) is 45.7. The Labute approximate surface area is 436 Å². The van der Waals surface area contributed by atoms with Crippen LogP contribution in [0.25, 0.3) is 0 Å². The third-order valence-electron chi connectivity index (χ3n) is 11.6. The Balaban J connectivity index is 4.56. The zero-order chi connectivity index (χ0) is 51.4. The maximum Gasteiger partial charge on any atom is 0.306 e. The third kappa shape index (κ3) is 56.3. The molecule has 0 fully saturated rings. The molecule has 0 saturated carbocycles. The van der Waals surface area contributed by atoms with Gasteiger partial charge in [0.25, 0.3) is 0 Å². The molecule has 0 rings (SSSR count). The largest absolute Gasteiger partial charge is 0.462 e. The van der Waals surface area contributed by atoms with Crippen LogP contribution in [-0.2, 0) is 28.6 Å². The van der Waals surface area contributed by atoms with E-state index in [2.05, 4.69) is 154 Å². The van der Waals surface area contributed by atoms with Gasteiger partial charge in [0.05, 0.1) is 0 Å². The first-order valence-electron chi connectivity index (χ1n) is 28.7. The van der Waals surface area contributed by atoms with E-state index < -0.39 is 6.10 Å². The van der Waals surface area contributed by atoms with Crippen molar-refractivity contribution in [2.45, 2.75) is 245 Å². The van der Waals surface area contributed by atoms with Gasteiger partial charge >= 0.3 is 17.9 Å². The molecule has 1 atom stereocenters. The van der Waals surface area contributed by atoms with Crippen LogP contribution in [0.3, 0.4) is 0 Å². The van der Waals surface area contributed by atoms with Crippen molar-refractivity contribution in [3.05, 3.63) is 134 Å². The van der Waals surface area contributed by atoms with Gasteiger partial charge in [-0.25, -0.2) is 0 Å². The Hall–Kier alpha value is -4.45. The summed E-state index contributed by atoms with van der Waals surface area (Å²) in [5.74, 6) is -0.998. The lowest BCUT2D eigenvalue weighted by atomic mass is 10.1. The van der Waals surface area contributed by atoms with Crippen LogP contribution >= 0.6 is 0 Å². The average molecular weight is 982 g/mol. The smallest absolute Gasteiger partial charge is 0.306 e. The number of allylic oxidation sites excluding steroid dienone is 22. The maximum atomic E-state index is 12.9. The molecule has 6 heteroatoms. The summed E-state index contributed by atoms with van der Waals surface area (Å²) in [5.41, 5.74) is 0. The molecule has 71 heavy (non-hydrogen) atoms. The molecule has 0 aromatic carbocycles. The monoisotopic (exact) mass is 981 g/mol. The molecular formula is C65H104O6. The van der Waals surface area contributed by atoms with Crippen LogP contribution in [0.2, 0.25) is 0 Å². The lowest BCUT2D eigenvalue weighted by Crippen LogP contribution is -2.30. The number of hydrogen-bond acceptors (Lipinski definition) is 6. The number of ether oxygens (including phenoxy) is 3. The van der Waals surface area contributed by atoms with E-state index in [4.69, 9.17) is 14.2 Å². The van der Waals surface area contributed by atoms with Crippen LogP contribution in [0.5, 0.6) is 0 Å². The van der Waals surface area contributed by atoms with Gasteiger partial charge in [-0.1, -0.05) is 212 Å². The number of esters is 3. The van der Waals surface area contributed by atoms with Crippen molar-refractivity contribution < 1.29 is 28.6 Å². The highest BCUT2D eigenvalue weighted by Crippen LogP contribution is 2.12. The molecule has 0 unspecified atom stereocenters. The van der Waals surface area contributed by atoms with Crippen LogP contribution in [0.4, 0.5) is 0 Å². The zero-order valence-corrected chi connectivity index (χ0v) is 45.7. The Morgan fingerprint density at radius 2 is 0.549 bits per heavy atom. The summed E-state index contributed by atoms with van der Waals surface area (Å²) in [5, 5.41) is 0. The number of rotatable bonds is 50. The quantitative estimate of drug-likeness (QED) is 0.0262. The van der Waals surface area contributed by atoms with Gasteiger partial charge in [-0.15, -0.1) is 0 Å². The van der Waals surface area contributed by atoms with E-state index in [1.165, 1.54) is 51.4 Å². The Bertz CT molecular complexity index is 1550.